The summed E-state index contributed by atoms with van der Waals surface area (Å²) < 4.78 is 0. The molecule has 2 aromatic heterocycles. The van der Waals surface area contributed by atoms with Crippen molar-refractivity contribution in [1.82, 2.24) is 4.98 Å². The van der Waals surface area contributed by atoms with E-state index in [0.717, 1.165) is 54.7 Å². The van der Waals surface area contributed by atoms with Gasteiger partial charge in [-0.1, -0.05) is 6.42 Å². The number of carbonyl (C=O) groups excluding carboxylic acids is 1. The van der Waals surface area contributed by atoms with Crippen molar-refractivity contribution in [3.63, 3.8) is 0 Å². The normalized spacial score (nSPS) is 18.2. The molecule has 0 bridgehead atoms. The summed E-state index contributed by atoms with van der Waals surface area (Å²) in [5.74, 6) is 0.131. The Morgan fingerprint density at radius 2 is 2.29 bits per heavy atom. The van der Waals surface area contributed by atoms with E-state index in [4.69, 9.17) is 16.6 Å². The molecule has 0 radical (unpaired) electrons. The van der Waals surface area contributed by atoms with Gasteiger partial charge in [0.25, 0.3) is 5.91 Å². The number of nitrogens with two attached hydrogens (primary N) is 2. The monoisotopic (exact) mass is 348 g/mol. The topological polar surface area (TPSA) is 105 Å². The number of rotatable bonds is 6. The first-order valence-electron chi connectivity index (χ1n) is 8.44. The first-order chi connectivity index (χ1) is 11.6. The van der Waals surface area contributed by atoms with E-state index in [1.54, 1.807) is 6.20 Å². The minimum Gasteiger partial charge on any atom is -0.397 e. The number of aliphatic hydroxyl groups excluding tert-OH is 1. The zero-order chi connectivity index (χ0) is 17.1. The largest absolute Gasteiger partial charge is 0.397 e. The van der Waals surface area contributed by atoms with Crippen molar-refractivity contribution < 1.29 is 9.90 Å². The molecule has 1 fully saturated rings. The van der Waals surface area contributed by atoms with Gasteiger partial charge in [0.05, 0.1) is 16.8 Å². The van der Waals surface area contributed by atoms with Gasteiger partial charge in [0.1, 0.15) is 9.71 Å². The summed E-state index contributed by atoms with van der Waals surface area (Å²) in [6, 6.07) is 1.98. The molecule has 7 heteroatoms. The number of thiophene rings is 1. The van der Waals surface area contributed by atoms with Gasteiger partial charge in [-0.2, -0.15) is 0 Å². The molecule has 0 saturated carbocycles. The third-order valence-electron chi connectivity index (χ3n) is 4.71. The van der Waals surface area contributed by atoms with Crippen LogP contribution < -0.4 is 16.4 Å². The quantitative estimate of drug-likeness (QED) is 0.695. The Morgan fingerprint density at radius 3 is 3.04 bits per heavy atom. The second kappa shape index (κ2) is 7.36. The number of aliphatic hydroxyl groups is 1. The van der Waals surface area contributed by atoms with Crippen LogP contribution in [-0.2, 0) is 0 Å². The van der Waals surface area contributed by atoms with Crippen LogP contribution in [0.15, 0.2) is 12.3 Å². The second-order valence-corrected chi connectivity index (χ2v) is 7.39. The molecule has 0 aliphatic carbocycles. The molecule has 1 saturated heterocycles. The molecular weight excluding hydrogens is 324 g/mol. The Hall–Kier alpha value is -1.86. The van der Waals surface area contributed by atoms with E-state index in [2.05, 4.69) is 9.88 Å². The molecule has 5 N–H and O–H groups in total. The molecule has 24 heavy (non-hydrogen) atoms. The third-order valence-corrected chi connectivity index (χ3v) is 5.84. The number of fused-ring (bicyclic) bond motifs is 1. The number of hydrogen-bond donors (Lipinski definition) is 3. The van der Waals surface area contributed by atoms with E-state index in [9.17, 15) is 4.79 Å². The minimum absolute atomic E-state index is 0.267. The van der Waals surface area contributed by atoms with Gasteiger partial charge in [0.15, 0.2) is 0 Å². The number of amides is 1. The van der Waals surface area contributed by atoms with Crippen LogP contribution >= 0.6 is 11.3 Å². The lowest BCUT2D eigenvalue weighted by atomic mass is 9.92. The summed E-state index contributed by atoms with van der Waals surface area (Å²) in [5.41, 5.74) is 13.1. The average molecular weight is 348 g/mol. The Morgan fingerprint density at radius 1 is 1.46 bits per heavy atom. The number of aromatic nitrogens is 1. The smallest absolute Gasteiger partial charge is 0.260 e. The maximum absolute atomic E-state index is 11.6. The summed E-state index contributed by atoms with van der Waals surface area (Å²) >= 11 is 1.26. The van der Waals surface area contributed by atoms with Gasteiger partial charge in [-0.05, 0) is 37.7 Å². The van der Waals surface area contributed by atoms with Crippen LogP contribution in [0.2, 0.25) is 0 Å². The van der Waals surface area contributed by atoms with Crippen molar-refractivity contribution >= 4 is 38.8 Å². The number of unbranched alkanes of at least 4 members (excludes halogenated alkanes) is 1. The van der Waals surface area contributed by atoms with Crippen LogP contribution in [0.25, 0.3) is 10.2 Å². The number of piperidine rings is 1. The Balaban J connectivity index is 1.87. The van der Waals surface area contributed by atoms with Gasteiger partial charge in [-0.25, -0.2) is 4.98 Å². The van der Waals surface area contributed by atoms with Gasteiger partial charge in [0, 0.05) is 25.9 Å². The molecule has 130 valence electrons. The third kappa shape index (κ3) is 3.32. The maximum atomic E-state index is 11.6. The van der Waals surface area contributed by atoms with Crippen molar-refractivity contribution in [3.8, 4) is 0 Å². The van der Waals surface area contributed by atoms with E-state index in [1.165, 1.54) is 17.8 Å². The highest BCUT2D eigenvalue weighted by Crippen LogP contribution is 2.39. The number of nitrogens with zero attached hydrogens (tertiary/aromatic N) is 2. The zero-order valence-corrected chi connectivity index (χ0v) is 14.5. The lowest BCUT2D eigenvalue weighted by Gasteiger charge is -2.35. The van der Waals surface area contributed by atoms with Crippen LogP contribution in [0.4, 0.5) is 11.4 Å². The SMILES string of the molecule is NC(=O)c1sc2nccc(N3CCCC(CCCCO)C3)c2c1N. The number of pyridine rings is 1. The van der Waals surface area contributed by atoms with Crippen molar-refractivity contribution in [3.05, 3.63) is 17.1 Å². The standard InChI is InChI=1S/C17H24N4O2S/c18-14-13-12(6-7-20-17(13)24-15(14)16(19)23)21-8-3-5-11(10-21)4-1-2-9-22/h6-7,11,22H,1-5,8-10,18H2,(H2,19,23). The molecule has 1 aliphatic rings. The van der Waals surface area contributed by atoms with E-state index in [0.29, 0.717) is 16.5 Å². The van der Waals surface area contributed by atoms with Gasteiger partial charge >= 0.3 is 0 Å². The molecule has 1 unspecified atom stereocenters. The fourth-order valence-corrected chi connectivity index (χ4v) is 4.48. The summed E-state index contributed by atoms with van der Waals surface area (Å²) in [6.07, 6.45) is 7.20. The predicted molar refractivity (Wildman–Crippen MR) is 98.4 cm³/mol. The second-order valence-electron chi connectivity index (χ2n) is 6.39. The number of carbonyl (C=O) groups is 1. The molecule has 1 aliphatic heterocycles. The van der Waals surface area contributed by atoms with Crippen LogP contribution in [0.3, 0.4) is 0 Å². The average Bonchev–Trinajstić information content (AvgIpc) is 2.93. The molecule has 0 spiro atoms. The maximum Gasteiger partial charge on any atom is 0.260 e. The lowest BCUT2D eigenvalue weighted by Crippen LogP contribution is -2.35. The van der Waals surface area contributed by atoms with Crippen molar-refractivity contribution in [2.45, 2.75) is 32.1 Å². The number of primary amides is 1. The summed E-state index contributed by atoms with van der Waals surface area (Å²) in [6.45, 7) is 2.23. The number of anilines is 2. The molecule has 2 aromatic rings. The predicted octanol–water partition coefficient (Wildman–Crippen LogP) is 2.36. The van der Waals surface area contributed by atoms with E-state index in [-0.39, 0.29) is 6.61 Å². The fourth-order valence-electron chi connectivity index (χ4n) is 3.54. The first-order valence-corrected chi connectivity index (χ1v) is 9.26. The molecule has 0 aromatic carbocycles. The first kappa shape index (κ1) is 17.0. The molecule has 3 heterocycles. The van der Waals surface area contributed by atoms with Crippen LogP contribution in [0, 0.1) is 5.92 Å². The van der Waals surface area contributed by atoms with Gasteiger partial charge in [-0.15, -0.1) is 11.3 Å². The van der Waals surface area contributed by atoms with Crippen LogP contribution in [-0.4, -0.2) is 35.7 Å². The minimum atomic E-state index is -0.498. The van der Waals surface area contributed by atoms with E-state index >= 15 is 0 Å². The molecule has 6 nitrogen and oxygen atoms in total. The zero-order valence-electron chi connectivity index (χ0n) is 13.7. The molecule has 1 amide bonds. The lowest BCUT2D eigenvalue weighted by molar-refractivity contribution is 0.100. The van der Waals surface area contributed by atoms with Gasteiger partial charge in [-0.3, -0.25) is 4.79 Å². The fraction of sp³-hybridized carbons (Fsp3) is 0.529. The van der Waals surface area contributed by atoms with E-state index in [1.807, 2.05) is 6.07 Å². The molecule has 1 atom stereocenters. The van der Waals surface area contributed by atoms with E-state index < -0.39 is 5.91 Å². The van der Waals surface area contributed by atoms with Crippen LogP contribution in [0.1, 0.15) is 41.8 Å². The Bertz CT molecular complexity index is 731. The highest BCUT2D eigenvalue weighted by atomic mass is 32.1. The Kier molecular flexibility index (Phi) is 5.20. The van der Waals surface area contributed by atoms with Crippen molar-refractivity contribution in [2.75, 3.05) is 30.3 Å². The highest BCUT2D eigenvalue weighted by molar-refractivity contribution is 7.21. The van der Waals surface area contributed by atoms with Crippen LogP contribution in [0.5, 0.6) is 0 Å². The summed E-state index contributed by atoms with van der Waals surface area (Å²) in [7, 11) is 0. The molecule has 3 rings (SSSR count). The van der Waals surface area contributed by atoms with Crippen molar-refractivity contribution in [2.24, 2.45) is 11.7 Å². The summed E-state index contributed by atoms with van der Waals surface area (Å²) in [5, 5.41) is 9.81. The number of nitrogen functional groups attached to an aromatic ring is 1. The van der Waals surface area contributed by atoms with Gasteiger partial charge in [0.2, 0.25) is 0 Å². The highest BCUT2D eigenvalue weighted by Gasteiger charge is 2.24. The van der Waals surface area contributed by atoms with Crippen molar-refractivity contribution in [1.29, 1.82) is 0 Å². The van der Waals surface area contributed by atoms with Gasteiger partial charge < -0.3 is 21.5 Å². The molecular formula is C17H24N4O2S. The Labute approximate surface area is 145 Å². The number of hydrogen-bond acceptors (Lipinski definition) is 6. The summed E-state index contributed by atoms with van der Waals surface area (Å²) in [4.78, 5) is 19.4.